The molecule has 4 aliphatic rings. The fourth-order valence-electron chi connectivity index (χ4n) is 9.40. The number of amides is 1. The molecule has 1 saturated heterocycles. The van der Waals surface area contributed by atoms with Crippen LogP contribution in [0.5, 0.6) is 17.2 Å². The van der Waals surface area contributed by atoms with E-state index >= 15 is 0 Å². The normalized spacial score (nSPS) is 24.1. The fraction of sp³-hybridized carbons (Fsp3) is 0.510. The first-order chi connectivity index (χ1) is 30.8. The van der Waals surface area contributed by atoms with Crippen molar-refractivity contribution in [3.05, 3.63) is 118 Å². The monoisotopic (exact) mass is 884 g/mol. The van der Waals surface area contributed by atoms with Crippen molar-refractivity contribution in [1.29, 1.82) is 0 Å². The number of allylic oxidation sites excluding steroid dienone is 1. The second-order valence-corrected chi connectivity index (χ2v) is 18.0. The van der Waals surface area contributed by atoms with Gasteiger partial charge >= 0.3 is 6.09 Å². The van der Waals surface area contributed by atoms with Crippen LogP contribution in [-0.2, 0) is 16.1 Å². The van der Waals surface area contributed by atoms with Crippen molar-refractivity contribution < 1.29 is 48.1 Å². The number of aliphatic hydroxyl groups excluding tert-OH is 2. The van der Waals surface area contributed by atoms with E-state index in [0.717, 1.165) is 56.5 Å². The Bertz CT molecular complexity index is 2160. The molecular formula is C49H61FN4O10. The maximum atomic E-state index is 15.0. The zero-order valence-electron chi connectivity index (χ0n) is 37.0. The number of nitro benzene ring substituents is 1. The number of rotatable bonds is 21. The topological polar surface area (TPSA) is 165 Å². The molecule has 3 aromatic carbocycles. The summed E-state index contributed by atoms with van der Waals surface area (Å²) in [5.41, 5.74) is 2.14. The van der Waals surface area contributed by atoms with Gasteiger partial charge in [0.1, 0.15) is 41.3 Å². The van der Waals surface area contributed by atoms with Gasteiger partial charge in [-0.1, -0.05) is 42.3 Å². The maximum absolute atomic E-state index is 15.0. The highest BCUT2D eigenvalue weighted by Gasteiger charge is 2.66. The third-order valence-electron chi connectivity index (χ3n) is 12.4. The molecule has 2 aliphatic heterocycles. The Labute approximate surface area is 374 Å². The molecule has 0 aromatic heterocycles. The third-order valence-corrected chi connectivity index (χ3v) is 12.4. The van der Waals surface area contributed by atoms with E-state index in [9.17, 15) is 29.5 Å². The van der Waals surface area contributed by atoms with Crippen molar-refractivity contribution in [2.45, 2.75) is 95.6 Å². The van der Waals surface area contributed by atoms with Crippen molar-refractivity contribution in [3.8, 4) is 17.2 Å². The van der Waals surface area contributed by atoms with Crippen molar-refractivity contribution in [2.24, 2.45) is 22.9 Å². The van der Waals surface area contributed by atoms with E-state index in [-0.39, 0.29) is 62.0 Å². The van der Waals surface area contributed by atoms with Gasteiger partial charge in [-0.3, -0.25) is 19.9 Å². The Kier molecular flexibility index (Phi) is 15.0. The highest BCUT2D eigenvalue weighted by molar-refractivity contribution is 6.03. The van der Waals surface area contributed by atoms with E-state index in [1.807, 2.05) is 32.9 Å². The minimum absolute atomic E-state index is 0.0117. The lowest BCUT2D eigenvalue weighted by Gasteiger charge is -2.60. The number of hydrogen-bond acceptors (Lipinski definition) is 12. The van der Waals surface area contributed by atoms with Crippen molar-refractivity contribution in [1.82, 2.24) is 9.80 Å². The van der Waals surface area contributed by atoms with Crippen LogP contribution in [0.15, 0.2) is 96.2 Å². The molecule has 344 valence electrons. The summed E-state index contributed by atoms with van der Waals surface area (Å²) < 4.78 is 41.2. The number of ether oxygens (including phenoxy) is 4. The molecule has 2 heterocycles. The first-order valence-corrected chi connectivity index (χ1v) is 22.4. The van der Waals surface area contributed by atoms with E-state index in [1.165, 1.54) is 41.3 Å². The molecule has 0 spiro atoms. The molecule has 3 aromatic rings. The Morgan fingerprint density at radius 3 is 2.39 bits per heavy atom. The van der Waals surface area contributed by atoms with Gasteiger partial charge in [-0.2, -0.15) is 0 Å². The minimum Gasteiger partial charge on any atom is -0.492 e. The molecule has 64 heavy (non-hydrogen) atoms. The Balaban J connectivity index is 1.44. The minimum atomic E-state index is -1.60. The largest absolute Gasteiger partial charge is 0.492 e. The zero-order chi connectivity index (χ0) is 45.4. The number of benzene rings is 3. The number of hydrogen-bond donors (Lipinski definition) is 2. The van der Waals surface area contributed by atoms with Crippen LogP contribution in [0.3, 0.4) is 0 Å². The molecule has 0 bridgehead atoms. The molecular weight excluding hydrogens is 824 g/mol. The maximum Gasteiger partial charge on any atom is 0.416 e. The van der Waals surface area contributed by atoms with Crippen LogP contribution >= 0.6 is 0 Å². The van der Waals surface area contributed by atoms with Crippen LogP contribution in [0.25, 0.3) is 0 Å². The summed E-state index contributed by atoms with van der Waals surface area (Å²) >= 11 is 0. The fourth-order valence-corrected chi connectivity index (χ4v) is 9.40. The van der Waals surface area contributed by atoms with Crippen LogP contribution in [-0.4, -0.2) is 100 Å². The lowest BCUT2D eigenvalue weighted by Crippen LogP contribution is -2.70. The molecule has 0 radical (unpaired) electrons. The van der Waals surface area contributed by atoms with Crippen molar-refractivity contribution in [3.63, 3.8) is 0 Å². The predicted molar refractivity (Wildman–Crippen MR) is 239 cm³/mol. The van der Waals surface area contributed by atoms with Gasteiger partial charge in [0.2, 0.25) is 5.79 Å². The van der Waals surface area contributed by atoms with Gasteiger partial charge < -0.3 is 34.0 Å². The lowest BCUT2D eigenvalue weighted by atomic mass is 9.55. The molecule has 7 rings (SSSR count). The smallest absolute Gasteiger partial charge is 0.416 e. The van der Waals surface area contributed by atoms with E-state index < -0.39 is 40.2 Å². The predicted octanol–water partition coefficient (Wildman–Crippen LogP) is 8.56. The second kappa shape index (κ2) is 20.7. The van der Waals surface area contributed by atoms with Gasteiger partial charge in [-0.25, -0.2) is 9.18 Å². The molecule has 1 saturated carbocycles. The summed E-state index contributed by atoms with van der Waals surface area (Å²) in [5, 5.41) is 36.3. The number of nitro groups is 1. The van der Waals surface area contributed by atoms with Crippen LogP contribution in [0.1, 0.15) is 82.8 Å². The van der Waals surface area contributed by atoms with Crippen LogP contribution in [0, 0.1) is 33.7 Å². The van der Waals surface area contributed by atoms with E-state index in [0.29, 0.717) is 42.2 Å². The van der Waals surface area contributed by atoms with Crippen LogP contribution < -0.4 is 14.2 Å². The number of carbonyl (C=O) groups excluding carboxylic acids is 1. The van der Waals surface area contributed by atoms with Gasteiger partial charge in [0, 0.05) is 69.4 Å². The average molecular weight is 885 g/mol. The highest BCUT2D eigenvalue weighted by atomic mass is 19.1. The first-order valence-electron chi connectivity index (χ1n) is 22.4. The number of nitrogens with zero attached hydrogens (tertiary/aromatic N) is 4. The number of halogens is 1. The number of fused-ring (bicyclic) bond motifs is 2. The number of non-ortho nitro benzene ring substituents is 1. The molecule has 0 unspecified atom stereocenters. The van der Waals surface area contributed by atoms with E-state index in [1.54, 1.807) is 18.2 Å². The summed E-state index contributed by atoms with van der Waals surface area (Å²) in [4.78, 5) is 36.0. The quantitative estimate of drug-likeness (QED) is 0.0346. The zero-order valence-corrected chi connectivity index (χ0v) is 37.0. The highest BCUT2D eigenvalue weighted by Crippen LogP contribution is 2.62. The molecule has 14 nitrogen and oxygen atoms in total. The van der Waals surface area contributed by atoms with Gasteiger partial charge in [0.25, 0.3) is 5.69 Å². The molecule has 1 amide bonds. The SMILES string of the molecule is C=CCO[C@@]12Oc3ccc(OCCN4CC4)cc3[C@H]3[C@H](CCCCO)[C@@H](CCCCO)C=C(C(=NOC(C)(C)C)C[C@@H]1N(Cc1ccc(F)cc1)C(=O)Oc1ccc([N+](=O)[O-])cc1)[C@H]32. The Hall–Kier alpha value is -5.35. The Morgan fingerprint density at radius 1 is 1.03 bits per heavy atom. The van der Waals surface area contributed by atoms with Crippen molar-refractivity contribution in [2.75, 3.05) is 46.1 Å². The van der Waals surface area contributed by atoms with Crippen LogP contribution in [0.2, 0.25) is 0 Å². The van der Waals surface area contributed by atoms with E-state index in [4.69, 9.17) is 28.9 Å². The number of aliphatic hydroxyl groups is 2. The summed E-state index contributed by atoms with van der Waals surface area (Å²) in [5.74, 6) is -1.57. The Morgan fingerprint density at radius 2 is 1.73 bits per heavy atom. The first kappa shape index (κ1) is 46.6. The average Bonchev–Trinajstić information content (AvgIpc) is 4.10. The van der Waals surface area contributed by atoms with Gasteiger partial charge in [-0.05, 0) is 112 Å². The van der Waals surface area contributed by atoms with Gasteiger partial charge in [-0.15, -0.1) is 6.58 Å². The van der Waals surface area contributed by atoms with Gasteiger partial charge in [0.05, 0.1) is 23.2 Å². The summed E-state index contributed by atoms with van der Waals surface area (Å²) in [6.07, 6.45) is 7.53. The second-order valence-electron chi connectivity index (χ2n) is 18.0. The van der Waals surface area contributed by atoms with Gasteiger partial charge in [0.15, 0.2) is 0 Å². The van der Waals surface area contributed by atoms with Crippen molar-refractivity contribution >= 4 is 17.5 Å². The molecule has 2 fully saturated rings. The third kappa shape index (κ3) is 10.9. The lowest BCUT2D eigenvalue weighted by molar-refractivity contribution is -0.384. The van der Waals surface area contributed by atoms with Crippen LogP contribution in [0.4, 0.5) is 14.9 Å². The summed E-state index contributed by atoms with van der Waals surface area (Å²) in [6.45, 7) is 13.3. The standard InChI is InChI=1S/C49H61FN4O10/c1-5-27-61-49-44(53(32-33-12-14-35(50)15-13-33)47(57)62-37-18-16-36(17-19-37)54(58)59)31-42(51-64-48(2,3)4)40-29-34(10-6-8-25-55)39(11-7-9-26-56)45(46(40)49)41-30-38(20-21-43(41)63-49)60-28-24-52-22-23-52/h5,12-21,29-30,34,39,44-46,55-56H,1,6-11,22-28,31-32H2,2-4H3/t34-,39+,44-,45+,46+,49+/m0/s1. The molecule has 6 atom stereocenters. The number of unbranched alkanes of at least 4 members (excludes halogenated alkanes) is 2. The number of oxime groups is 1. The summed E-state index contributed by atoms with van der Waals surface area (Å²) in [7, 11) is 0. The summed E-state index contributed by atoms with van der Waals surface area (Å²) in [6, 6.07) is 16.0. The number of carbonyl (C=O) groups is 1. The molecule has 2 N–H and O–H groups in total. The molecule has 2 aliphatic carbocycles. The molecule has 15 heteroatoms. The van der Waals surface area contributed by atoms with E-state index in [2.05, 4.69) is 23.6 Å².